The van der Waals surface area contributed by atoms with Crippen LogP contribution in [0.3, 0.4) is 0 Å². The van der Waals surface area contributed by atoms with Crippen LogP contribution in [0.15, 0.2) is 35.2 Å². The Morgan fingerprint density at radius 3 is 3.00 bits per heavy atom. The molecule has 3 rings (SSSR count). The molecule has 5 nitrogen and oxygen atoms in total. The van der Waals surface area contributed by atoms with Crippen LogP contribution in [0.1, 0.15) is 0 Å². The summed E-state index contributed by atoms with van der Waals surface area (Å²) in [5.74, 6) is -0.812. The number of carbonyl (C=O) groups is 1. The molecule has 0 unspecified atom stereocenters. The minimum absolute atomic E-state index is 0.0641. The maximum atomic E-state index is 13.8. The summed E-state index contributed by atoms with van der Waals surface area (Å²) in [6, 6.07) is 4.79. The zero-order valence-corrected chi connectivity index (χ0v) is 11.4. The van der Waals surface area contributed by atoms with Gasteiger partial charge in [-0.05, 0) is 12.1 Å². The van der Waals surface area contributed by atoms with E-state index in [1.165, 1.54) is 23.7 Å². The van der Waals surface area contributed by atoms with E-state index in [2.05, 4.69) is 4.99 Å². The molecule has 1 aromatic heterocycles. The lowest BCUT2D eigenvalue weighted by molar-refractivity contribution is -0.119. The van der Waals surface area contributed by atoms with E-state index >= 15 is 0 Å². The van der Waals surface area contributed by atoms with Crippen LogP contribution in [0.5, 0.6) is 0 Å². The lowest BCUT2D eigenvalue weighted by Gasteiger charge is -2.12. The molecule has 1 amide bonds. The molecule has 1 aromatic carbocycles. The number of hydrogen-bond acceptors (Lipinski definition) is 4. The van der Waals surface area contributed by atoms with Crippen LogP contribution in [0, 0.1) is 5.82 Å². The van der Waals surface area contributed by atoms with Gasteiger partial charge in [0, 0.05) is 7.05 Å². The van der Waals surface area contributed by atoms with Crippen LogP contribution in [-0.4, -0.2) is 23.7 Å². The third kappa shape index (κ3) is 2.20. The SMILES string of the molecule is Cn1c(=NC(=O)C2=COCCO2)sc2cccc(F)c21. The molecule has 0 bridgehead atoms. The summed E-state index contributed by atoms with van der Waals surface area (Å²) in [4.78, 5) is 16.3. The lowest BCUT2D eigenvalue weighted by Crippen LogP contribution is -2.18. The Kier molecular flexibility index (Phi) is 3.27. The normalized spacial score (nSPS) is 15.7. The Hall–Kier alpha value is -2.15. The number of para-hydroxylation sites is 1. The summed E-state index contributed by atoms with van der Waals surface area (Å²) < 4.78 is 26.2. The molecule has 0 fully saturated rings. The average molecular weight is 294 g/mol. The van der Waals surface area contributed by atoms with E-state index in [9.17, 15) is 9.18 Å². The van der Waals surface area contributed by atoms with E-state index in [0.717, 1.165) is 4.70 Å². The van der Waals surface area contributed by atoms with Crippen LogP contribution in [-0.2, 0) is 21.3 Å². The molecule has 0 radical (unpaired) electrons. The van der Waals surface area contributed by atoms with E-state index in [4.69, 9.17) is 9.47 Å². The van der Waals surface area contributed by atoms with Crippen molar-refractivity contribution in [2.75, 3.05) is 13.2 Å². The van der Waals surface area contributed by atoms with Gasteiger partial charge in [0.25, 0.3) is 0 Å². The Morgan fingerprint density at radius 2 is 2.30 bits per heavy atom. The number of ether oxygens (including phenoxy) is 2. The maximum Gasteiger partial charge on any atom is 0.317 e. The number of benzene rings is 1. The van der Waals surface area contributed by atoms with Gasteiger partial charge in [-0.1, -0.05) is 17.4 Å². The van der Waals surface area contributed by atoms with Crippen molar-refractivity contribution in [1.29, 1.82) is 0 Å². The topological polar surface area (TPSA) is 52.8 Å². The minimum Gasteiger partial charge on any atom is -0.494 e. The van der Waals surface area contributed by atoms with Crippen LogP contribution in [0.25, 0.3) is 10.2 Å². The highest BCUT2D eigenvalue weighted by Crippen LogP contribution is 2.19. The minimum atomic E-state index is -0.535. The lowest BCUT2D eigenvalue weighted by atomic mass is 10.3. The summed E-state index contributed by atoms with van der Waals surface area (Å²) in [7, 11) is 1.67. The molecule has 20 heavy (non-hydrogen) atoms. The number of amides is 1. The number of aromatic nitrogens is 1. The summed E-state index contributed by atoms with van der Waals surface area (Å²) in [6.07, 6.45) is 1.25. The Labute approximate surface area is 117 Å². The number of hydrogen-bond donors (Lipinski definition) is 0. The summed E-state index contributed by atoms with van der Waals surface area (Å²) >= 11 is 1.24. The molecular formula is C13H11FN2O3S. The molecule has 0 aliphatic carbocycles. The predicted molar refractivity (Wildman–Crippen MR) is 71.3 cm³/mol. The first kappa shape index (κ1) is 12.9. The third-order valence-corrected chi connectivity index (χ3v) is 3.93. The molecule has 7 heteroatoms. The zero-order chi connectivity index (χ0) is 14.1. The first-order chi connectivity index (χ1) is 9.66. The quantitative estimate of drug-likeness (QED) is 0.804. The van der Waals surface area contributed by atoms with E-state index in [0.29, 0.717) is 23.5 Å². The van der Waals surface area contributed by atoms with Crippen LogP contribution < -0.4 is 4.80 Å². The van der Waals surface area contributed by atoms with Gasteiger partial charge in [-0.15, -0.1) is 0 Å². The zero-order valence-electron chi connectivity index (χ0n) is 10.6. The number of rotatable bonds is 1. The van der Waals surface area contributed by atoms with Gasteiger partial charge in [0.2, 0.25) is 5.76 Å². The molecule has 0 N–H and O–H groups in total. The smallest absolute Gasteiger partial charge is 0.317 e. The number of halogens is 1. The Morgan fingerprint density at radius 1 is 1.45 bits per heavy atom. The van der Waals surface area contributed by atoms with E-state index in [1.54, 1.807) is 23.7 Å². The fourth-order valence-corrected chi connectivity index (χ4v) is 2.92. The first-order valence-corrected chi connectivity index (χ1v) is 6.76. The number of aryl methyl sites for hydroxylation is 1. The molecule has 1 aliphatic heterocycles. The van der Waals surface area contributed by atoms with Gasteiger partial charge in [0.05, 0.1) is 10.2 Å². The molecule has 2 heterocycles. The second-order valence-corrected chi connectivity index (χ2v) is 5.16. The fourth-order valence-electron chi connectivity index (χ4n) is 1.89. The molecule has 1 aliphatic rings. The highest BCUT2D eigenvalue weighted by atomic mass is 32.1. The number of nitrogens with zero attached hydrogens (tertiary/aromatic N) is 2. The molecule has 0 saturated heterocycles. The van der Waals surface area contributed by atoms with Crippen molar-refractivity contribution < 1.29 is 18.7 Å². The predicted octanol–water partition coefficient (Wildman–Crippen LogP) is 1.69. The molecule has 104 valence electrons. The average Bonchev–Trinajstić information content (AvgIpc) is 2.78. The third-order valence-electron chi connectivity index (χ3n) is 2.83. The molecule has 0 spiro atoms. The van der Waals surface area contributed by atoms with Gasteiger partial charge in [0.1, 0.15) is 25.3 Å². The van der Waals surface area contributed by atoms with Gasteiger partial charge in [-0.3, -0.25) is 4.79 Å². The van der Waals surface area contributed by atoms with Crippen molar-refractivity contribution in [1.82, 2.24) is 4.57 Å². The first-order valence-electron chi connectivity index (χ1n) is 5.94. The van der Waals surface area contributed by atoms with Crippen molar-refractivity contribution in [3.05, 3.63) is 40.8 Å². The highest BCUT2D eigenvalue weighted by Gasteiger charge is 2.15. The fraction of sp³-hybridized carbons (Fsp3) is 0.231. The molecule has 2 aromatic rings. The summed E-state index contributed by atoms with van der Waals surface area (Å²) in [6.45, 7) is 0.735. The van der Waals surface area contributed by atoms with Crippen molar-refractivity contribution in [3.63, 3.8) is 0 Å². The van der Waals surface area contributed by atoms with E-state index < -0.39 is 5.91 Å². The largest absolute Gasteiger partial charge is 0.494 e. The van der Waals surface area contributed by atoms with Crippen molar-refractivity contribution in [2.24, 2.45) is 12.0 Å². The monoisotopic (exact) mass is 294 g/mol. The van der Waals surface area contributed by atoms with Crippen LogP contribution >= 0.6 is 11.3 Å². The Bertz CT molecular complexity index is 776. The highest BCUT2D eigenvalue weighted by molar-refractivity contribution is 7.16. The van der Waals surface area contributed by atoms with Gasteiger partial charge in [0.15, 0.2) is 4.80 Å². The maximum absolute atomic E-state index is 13.8. The molecule has 0 saturated carbocycles. The number of thiazole rings is 1. The van der Waals surface area contributed by atoms with Crippen molar-refractivity contribution >= 4 is 27.5 Å². The second-order valence-electron chi connectivity index (χ2n) is 4.15. The standard InChI is InChI=1S/C13H11FN2O3S/c1-16-11-8(14)3-2-4-10(11)20-13(16)15-12(17)9-7-18-5-6-19-9/h2-4,7H,5-6H2,1H3. The summed E-state index contributed by atoms with van der Waals surface area (Å²) in [5, 5.41) is 0. The van der Waals surface area contributed by atoms with Crippen LogP contribution in [0.4, 0.5) is 4.39 Å². The van der Waals surface area contributed by atoms with Crippen LogP contribution in [0.2, 0.25) is 0 Å². The van der Waals surface area contributed by atoms with E-state index in [1.807, 2.05) is 0 Å². The second kappa shape index (κ2) is 5.09. The van der Waals surface area contributed by atoms with Crippen molar-refractivity contribution in [2.45, 2.75) is 0 Å². The van der Waals surface area contributed by atoms with Gasteiger partial charge < -0.3 is 14.0 Å². The van der Waals surface area contributed by atoms with Gasteiger partial charge in [-0.2, -0.15) is 4.99 Å². The number of fused-ring (bicyclic) bond motifs is 1. The molecular weight excluding hydrogens is 283 g/mol. The van der Waals surface area contributed by atoms with Gasteiger partial charge >= 0.3 is 5.91 Å². The molecule has 0 atom stereocenters. The number of carbonyl (C=O) groups excluding carboxylic acids is 1. The van der Waals surface area contributed by atoms with Gasteiger partial charge in [-0.25, -0.2) is 4.39 Å². The summed E-state index contributed by atoms with van der Waals surface area (Å²) in [5.41, 5.74) is 0.429. The Balaban J connectivity index is 2.08. The van der Waals surface area contributed by atoms with E-state index in [-0.39, 0.29) is 11.6 Å². The van der Waals surface area contributed by atoms with Crippen molar-refractivity contribution in [3.8, 4) is 0 Å².